The Bertz CT molecular complexity index is 452. The van der Waals surface area contributed by atoms with Crippen molar-refractivity contribution in [2.45, 2.75) is 13.8 Å². The molecule has 6 heteroatoms. The second-order valence-corrected chi connectivity index (χ2v) is 5.96. The highest BCUT2D eigenvalue weighted by molar-refractivity contribution is 7.59. The van der Waals surface area contributed by atoms with Gasteiger partial charge in [0.15, 0.2) is 0 Å². The molecule has 0 spiro atoms. The van der Waals surface area contributed by atoms with Crippen molar-refractivity contribution < 1.29 is 13.6 Å². The summed E-state index contributed by atoms with van der Waals surface area (Å²) < 4.78 is 22.6. The molecule has 4 nitrogen and oxygen atoms in total. The molecule has 0 saturated carbocycles. The van der Waals surface area contributed by atoms with E-state index in [1.165, 1.54) is 11.3 Å². The quantitative estimate of drug-likeness (QED) is 0.582. The Morgan fingerprint density at radius 3 is 2.59 bits per heavy atom. The SMILES string of the molecule is CCOP(=O)(OCC)/C(C#N)=C\c1cccs1. The molecule has 0 N–H and O–H groups in total. The lowest BCUT2D eigenvalue weighted by Crippen LogP contribution is -1.97. The molecule has 1 aromatic rings. The van der Waals surface area contributed by atoms with E-state index in [1.807, 2.05) is 23.6 Å². The Hall–Kier alpha value is -0.920. The standard InChI is InChI=1S/C11H14NO3PS/c1-3-14-16(13,15-4-2)10(9-12)8-11-6-5-7-17-11/h5-8H,3-4H2,1-2H3/b10-8-. The second-order valence-electron chi connectivity index (χ2n) is 2.99. The summed E-state index contributed by atoms with van der Waals surface area (Å²) in [6, 6.07) is 5.60. The maximum absolute atomic E-state index is 12.3. The van der Waals surface area contributed by atoms with E-state index in [9.17, 15) is 4.57 Å². The Labute approximate surface area is 105 Å². The molecule has 0 bridgehead atoms. The number of thiophene rings is 1. The first-order valence-electron chi connectivity index (χ1n) is 5.21. The van der Waals surface area contributed by atoms with Crippen LogP contribution in [0.3, 0.4) is 0 Å². The van der Waals surface area contributed by atoms with Gasteiger partial charge < -0.3 is 9.05 Å². The van der Waals surface area contributed by atoms with Crippen LogP contribution in [-0.4, -0.2) is 13.2 Å². The van der Waals surface area contributed by atoms with Crippen molar-refractivity contribution in [3.05, 3.63) is 27.7 Å². The molecule has 0 radical (unpaired) electrons. The van der Waals surface area contributed by atoms with Crippen LogP contribution in [0.15, 0.2) is 22.8 Å². The summed E-state index contributed by atoms with van der Waals surface area (Å²) in [5.74, 6) is 0. The van der Waals surface area contributed by atoms with Gasteiger partial charge in [-0.1, -0.05) is 6.07 Å². The smallest absolute Gasteiger partial charge is 0.305 e. The van der Waals surface area contributed by atoms with Crippen molar-refractivity contribution in [1.82, 2.24) is 0 Å². The molecule has 92 valence electrons. The molecule has 0 aromatic carbocycles. The van der Waals surface area contributed by atoms with Crippen LogP contribution in [0.4, 0.5) is 0 Å². The highest BCUT2D eigenvalue weighted by Gasteiger charge is 2.29. The minimum atomic E-state index is -3.46. The molecule has 0 amide bonds. The van der Waals surface area contributed by atoms with E-state index in [0.29, 0.717) is 0 Å². The average molecular weight is 271 g/mol. The normalized spacial score (nSPS) is 12.4. The summed E-state index contributed by atoms with van der Waals surface area (Å²) in [7, 11) is -3.46. The van der Waals surface area contributed by atoms with Crippen LogP contribution in [0.2, 0.25) is 0 Å². The van der Waals surface area contributed by atoms with E-state index >= 15 is 0 Å². The molecule has 1 rings (SSSR count). The van der Waals surface area contributed by atoms with Crippen LogP contribution < -0.4 is 0 Å². The minimum Gasteiger partial charge on any atom is -0.305 e. The fraction of sp³-hybridized carbons (Fsp3) is 0.364. The average Bonchev–Trinajstić information content (AvgIpc) is 2.79. The summed E-state index contributed by atoms with van der Waals surface area (Å²) in [6.45, 7) is 3.90. The van der Waals surface area contributed by atoms with Gasteiger partial charge in [0.2, 0.25) is 0 Å². The van der Waals surface area contributed by atoms with Crippen molar-refractivity contribution in [2.75, 3.05) is 13.2 Å². The van der Waals surface area contributed by atoms with Crippen molar-refractivity contribution in [2.24, 2.45) is 0 Å². The molecule has 0 unspecified atom stereocenters. The van der Waals surface area contributed by atoms with Gasteiger partial charge in [0.25, 0.3) is 0 Å². The fourth-order valence-electron chi connectivity index (χ4n) is 1.20. The first kappa shape index (κ1) is 14.1. The van der Waals surface area contributed by atoms with Gasteiger partial charge in [0.1, 0.15) is 11.4 Å². The lowest BCUT2D eigenvalue weighted by molar-refractivity contribution is 0.227. The van der Waals surface area contributed by atoms with Crippen LogP contribution in [0.5, 0.6) is 0 Å². The van der Waals surface area contributed by atoms with E-state index in [-0.39, 0.29) is 18.5 Å². The third-order valence-electron chi connectivity index (χ3n) is 1.83. The number of nitriles is 1. The first-order valence-corrected chi connectivity index (χ1v) is 7.63. The summed E-state index contributed by atoms with van der Waals surface area (Å²) in [5, 5.41) is 11.0. The van der Waals surface area contributed by atoms with E-state index in [0.717, 1.165) is 4.88 Å². The monoisotopic (exact) mass is 271 g/mol. The van der Waals surface area contributed by atoms with Gasteiger partial charge >= 0.3 is 7.60 Å². The summed E-state index contributed by atoms with van der Waals surface area (Å²) in [4.78, 5) is 0.848. The zero-order valence-corrected chi connectivity index (χ0v) is 11.5. The van der Waals surface area contributed by atoms with Gasteiger partial charge in [0.05, 0.1) is 13.2 Å². The van der Waals surface area contributed by atoms with E-state index in [1.54, 1.807) is 19.9 Å². The zero-order chi connectivity index (χ0) is 12.7. The first-order chi connectivity index (χ1) is 8.16. The van der Waals surface area contributed by atoms with Gasteiger partial charge in [-0.15, -0.1) is 11.3 Å². The van der Waals surface area contributed by atoms with E-state index in [4.69, 9.17) is 14.3 Å². The summed E-state index contributed by atoms with van der Waals surface area (Å²) in [5.41, 5.74) is 0. The Morgan fingerprint density at radius 1 is 1.53 bits per heavy atom. The molecule has 17 heavy (non-hydrogen) atoms. The molecule has 0 atom stereocenters. The Morgan fingerprint density at radius 2 is 2.18 bits per heavy atom. The van der Waals surface area contributed by atoms with Crippen LogP contribution in [0.1, 0.15) is 18.7 Å². The maximum Gasteiger partial charge on any atom is 0.371 e. The van der Waals surface area contributed by atoms with Gasteiger partial charge in [0, 0.05) is 4.88 Å². The summed E-state index contributed by atoms with van der Waals surface area (Å²) in [6.07, 6.45) is 1.55. The number of hydrogen-bond acceptors (Lipinski definition) is 5. The third-order valence-corrected chi connectivity index (χ3v) is 4.66. The number of hydrogen-bond donors (Lipinski definition) is 0. The molecule has 0 fully saturated rings. The molecule has 0 aliphatic carbocycles. The third kappa shape index (κ3) is 3.79. The molecule has 0 aliphatic heterocycles. The van der Waals surface area contributed by atoms with Crippen LogP contribution in [0.25, 0.3) is 6.08 Å². The molecule has 0 saturated heterocycles. The second kappa shape index (κ2) is 6.73. The number of nitrogens with zero attached hydrogens (tertiary/aromatic N) is 1. The van der Waals surface area contributed by atoms with Crippen LogP contribution in [0, 0.1) is 11.3 Å². The summed E-state index contributed by atoms with van der Waals surface area (Å²) >= 11 is 1.46. The number of allylic oxidation sites excluding steroid dienone is 1. The topological polar surface area (TPSA) is 59.3 Å². The molecular weight excluding hydrogens is 257 g/mol. The van der Waals surface area contributed by atoms with Crippen molar-refractivity contribution in [1.29, 1.82) is 5.26 Å². The van der Waals surface area contributed by atoms with Crippen molar-refractivity contribution >= 4 is 25.0 Å². The number of rotatable bonds is 6. The highest BCUT2D eigenvalue weighted by Crippen LogP contribution is 2.56. The maximum atomic E-state index is 12.3. The van der Waals surface area contributed by atoms with Gasteiger partial charge in [-0.05, 0) is 31.4 Å². The minimum absolute atomic E-state index is 0.0450. The van der Waals surface area contributed by atoms with Gasteiger partial charge in [-0.3, -0.25) is 4.57 Å². The Kier molecular flexibility index (Phi) is 5.60. The molecule has 1 heterocycles. The lowest BCUT2D eigenvalue weighted by Gasteiger charge is -2.15. The predicted molar refractivity (Wildman–Crippen MR) is 68.8 cm³/mol. The van der Waals surface area contributed by atoms with Crippen LogP contribution >= 0.6 is 18.9 Å². The zero-order valence-electron chi connectivity index (χ0n) is 9.75. The van der Waals surface area contributed by atoms with Crippen molar-refractivity contribution in [3.8, 4) is 6.07 Å². The molecule has 0 aliphatic rings. The van der Waals surface area contributed by atoms with Gasteiger partial charge in [-0.2, -0.15) is 5.26 Å². The fourth-order valence-corrected chi connectivity index (χ4v) is 3.39. The van der Waals surface area contributed by atoms with Gasteiger partial charge in [-0.25, -0.2) is 0 Å². The Balaban J connectivity index is 3.06. The molecular formula is C11H14NO3PS. The molecule has 1 aromatic heterocycles. The predicted octanol–water partition coefficient (Wildman–Crippen LogP) is 3.88. The largest absolute Gasteiger partial charge is 0.371 e. The highest BCUT2D eigenvalue weighted by atomic mass is 32.1. The lowest BCUT2D eigenvalue weighted by atomic mass is 10.4. The van der Waals surface area contributed by atoms with E-state index < -0.39 is 7.60 Å². The van der Waals surface area contributed by atoms with Crippen LogP contribution in [-0.2, 0) is 13.6 Å². The van der Waals surface area contributed by atoms with Crippen molar-refractivity contribution in [3.63, 3.8) is 0 Å². The van der Waals surface area contributed by atoms with E-state index in [2.05, 4.69) is 0 Å².